The average molecular weight is 315 g/mol. The Morgan fingerprint density at radius 2 is 1.17 bits per heavy atom. The van der Waals surface area contributed by atoms with Crippen LogP contribution >= 0.6 is 0 Å². The lowest BCUT2D eigenvalue weighted by Gasteiger charge is -1.94. The van der Waals surface area contributed by atoms with Crippen LogP contribution in [0.5, 0.6) is 0 Å². The van der Waals surface area contributed by atoms with E-state index in [1.807, 2.05) is 70.1 Å². The standard InChI is InChI=1S/C19H13N3O2/c1-3-7-18-16(5-1)21(12-23-18)14-9-15(11-20-10-14)22-13-24-19-8-4-2-6-17(19)22/h1-13H/q+2. The fraction of sp³-hybridized carbons (Fsp3) is 0. The van der Waals surface area contributed by atoms with Crippen LogP contribution in [0.1, 0.15) is 0 Å². The highest BCUT2D eigenvalue weighted by atomic mass is 16.3. The number of oxazole rings is 2. The number of rotatable bonds is 2. The molecule has 5 nitrogen and oxygen atoms in total. The molecule has 0 fully saturated rings. The van der Waals surface area contributed by atoms with Crippen molar-refractivity contribution in [2.45, 2.75) is 0 Å². The van der Waals surface area contributed by atoms with Gasteiger partial charge in [-0.05, 0) is 12.1 Å². The van der Waals surface area contributed by atoms with E-state index >= 15 is 0 Å². The van der Waals surface area contributed by atoms with Gasteiger partial charge in [0.05, 0.1) is 18.5 Å². The van der Waals surface area contributed by atoms with Gasteiger partial charge >= 0.3 is 12.8 Å². The van der Waals surface area contributed by atoms with Crippen LogP contribution in [0.25, 0.3) is 33.6 Å². The maximum atomic E-state index is 5.61. The SMILES string of the molecule is c1ccc2c(c1)oc[n+]2-c1cncc(-[n+]2coc3ccccc32)c1. The lowest BCUT2D eigenvalue weighted by atomic mass is 10.3. The lowest BCUT2D eigenvalue weighted by molar-refractivity contribution is -0.582. The summed E-state index contributed by atoms with van der Waals surface area (Å²) in [5.74, 6) is 0. The van der Waals surface area contributed by atoms with E-state index in [-0.39, 0.29) is 0 Å². The highest BCUT2D eigenvalue weighted by Crippen LogP contribution is 2.15. The van der Waals surface area contributed by atoms with Gasteiger partial charge in [0.2, 0.25) is 22.5 Å². The van der Waals surface area contributed by atoms with Crippen molar-refractivity contribution in [1.82, 2.24) is 4.98 Å². The summed E-state index contributed by atoms with van der Waals surface area (Å²) in [6.45, 7) is 0. The van der Waals surface area contributed by atoms with E-state index < -0.39 is 0 Å². The molecule has 5 aromatic rings. The van der Waals surface area contributed by atoms with Crippen molar-refractivity contribution in [2.75, 3.05) is 0 Å². The molecule has 3 heterocycles. The molecule has 5 rings (SSSR count). The average Bonchev–Trinajstić information content (AvgIpc) is 3.26. The molecule has 0 saturated carbocycles. The van der Waals surface area contributed by atoms with E-state index in [9.17, 15) is 0 Å². The number of para-hydroxylation sites is 4. The number of pyridine rings is 1. The first-order chi connectivity index (χ1) is 11.9. The molecule has 0 amide bonds. The Morgan fingerprint density at radius 1 is 0.667 bits per heavy atom. The van der Waals surface area contributed by atoms with Crippen LogP contribution in [0.3, 0.4) is 0 Å². The monoisotopic (exact) mass is 315 g/mol. The lowest BCUT2D eigenvalue weighted by Crippen LogP contribution is -2.32. The van der Waals surface area contributed by atoms with Crippen molar-refractivity contribution >= 4 is 22.2 Å². The number of benzene rings is 2. The Kier molecular flexibility index (Phi) is 2.72. The summed E-state index contributed by atoms with van der Waals surface area (Å²) < 4.78 is 15.2. The highest BCUT2D eigenvalue weighted by molar-refractivity contribution is 5.69. The zero-order valence-electron chi connectivity index (χ0n) is 12.7. The Morgan fingerprint density at radius 3 is 1.71 bits per heavy atom. The minimum atomic E-state index is 0.837. The molecular formula is C19H13N3O2+2. The largest absolute Gasteiger partial charge is 0.403 e. The zero-order chi connectivity index (χ0) is 15.9. The zero-order valence-corrected chi connectivity index (χ0v) is 12.7. The minimum absolute atomic E-state index is 0.837. The first-order valence-corrected chi connectivity index (χ1v) is 7.62. The fourth-order valence-corrected chi connectivity index (χ4v) is 2.92. The second-order valence-corrected chi connectivity index (χ2v) is 5.52. The number of hydrogen-bond acceptors (Lipinski definition) is 3. The number of fused-ring (bicyclic) bond motifs is 2. The summed E-state index contributed by atoms with van der Waals surface area (Å²) in [6, 6.07) is 17.9. The van der Waals surface area contributed by atoms with E-state index in [1.165, 1.54) is 0 Å². The molecule has 0 radical (unpaired) electrons. The molecule has 0 bridgehead atoms. The van der Waals surface area contributed by atoms with Crippen LogP contribution in [-0.2, 0) is 0 Å². The first-order valence-electron chi connectivity index (χ1n) is 7.62. The molecule has 0 N–H and O–H groups in total. The van der Waals surface area contributed by atoms with Crippen LogP contribution in [0.15, 0.2) is 88.6 Å². The fourth-order valence-electron chi connectivity index (χ4n) is 2.92. The van der Waals surface area contributed by atoms with E-state index in [0.717, 1.165) is 33.6 Å². The predicted octanol–water partition coefficient (Wildman–Crippen LogP) is 3.13. The normalized spacial score (nSPS) is 11.3. The van der Waals surface area contributed by atoms with Crippen LogP contribution in [0, 0.1) is 0 Å². The van der Waals surface area contributed by atoms with Crippen molar-refractivity contribution in [3.8, 4) is 11.4 Å². The molecule has 0 atom stereocenters. The molecule has 24 heavy (non-hydrogen) atoms. The van der Waals surface area contributed by atoms with Gasteiger partial charge in [-0.2, -0.15) is 0 Å². The van der Waals surface area contributed by atoms with Crippen LogP contribution in [0.2, 0.25) is 0 Å². The summed E-state index contributed by atoms with van der Waals surface area (Å²) in [4.78, 5) is 4.39. The van der Waals surface area contributed by atoms with Crippen LogP contribution in [-0.4, -0.2) is 4.98 Å². The van der Waals surface area contributed by atoms with Gasteiger partial charge in [-0.1, -0.05) is 24.3 Å². The van der Waals surface area contributed by atoms with Gasteiger partial charge in [0.25, 0.3) is 11.0 Å². The van der Waals surface area contributed by atoms with E-state index in [0.29, 0.717) is 0 Å². The molecule has 0 saturated heterocycles. The maximum absolute atomic E-state index is 5.61. The van der Waals surface area contributed by atoms with Crippen molar-refractivity contribution in [2.24, 2.45) is 0 Å². The molecule has 3 aromatic heterocycles. The van der Waals surface area contributed by atoms with Crippen molar-refractivity contribution in [1.29, 1.82) is 0 Å². The summed E-state index contributed by atoms with van der Waals surface area (Å²) in [7, 11) is 0. The molecular weight excluding hydrogens is 302 g/mol. The number of aromatic nitrogens is 3. The smallest absolute Gasteiger partial charge is 0.341 e. The molecule has 5 heteroatoms. The van der Waals surface area contributed by atoms with E-state index in [2.05, 4.69) is 11.1 Å². The maximum Gasteiger partial charge on any atom is 0.341 e. The van der Waals surface area contributed by atoms with Gasteiger partial charge in [-0.15, -0.1) is 9.13 Å². The Labute approximate surface area is 137 Å². The van der Waals surface area contributed by atoms with Gasteiger partial charge in [-0.25, -0.2) is 0 Å². The summed E-state index contributed by atoms with van der Waals surface area (Å²) in [5.41, 5.74) is 5.52. The molecule has 2 aromatic carbocycles. The van der Waals surface area contributed by atoms with E-state index in [1.54, 1.807) is 12.8 Å². The molecule has 0 aliphatic rings. The second-order valence-electron chi connectivity index (χ2n) is 5.52. The van der Waals surface area contributed by atoms with Crippen LogP contribution in [0.4, 0.5) is 0 Å². The van der Waals surface area contributed by atoms with Gasteiger partial charge in [0, 0.05) is 12.1 Å². The Hall–Kier alpha value is -3.47. The Bertz CT molecular complexity index is 1080. The molecule has 114 valence electrons. The minimum Gasteiger partial charge on any atom is -0.403 e. The van der Waals surface area contributed by atoms with Crippen molar-refractivity contribution in [3.05, 3.63) is 79.8 Å². The second kappa shape index (κ2) is 5.03. The summed E-state index contributed by atoms with van der Waals surface area (Å²) in [5, 5.41) is 0. The predicted molar refractivity (Wildman–Crippen MR) is 86.8 cm³/mol. The molecule has 0 unspecified atom stereocenters. The van der Waals surface area contributed by atoms with Gasteiger partial charge in [0.1, 0.15) is 0 Å². The van der Waals surface area contributed by atoms with E-state index in [4.69, 9.17) is 8.83 Å². The highest BCUT2D eigenvalue weighted by Gasteiger charge is 2.21. The van der Waals surface area contributed by atoms with Gasteiger partial charge in [0.15, 0.2) is 0 Å². The quantitative estimate of drug-likeness (QED) is 0.470. The Balaban J connectivity index is 1.69. The summed E-state index contributed by atoms with van der Waals surface area (Å²) >= 11 is 0. The van der Waals surface area contributed by atoms with Crippen molar-refractivity contribution in [3.63, 3.8) is 0 Å². The third-order valence-corrected chi connectivity index (χ3v) is 4.09. The number of nitrogens with zero attached hydrogens (tertiary/aromatic N) is 3. The van der Waals surface area contributed by atoms with Gasteiger partial charge in [-0.3, -0.25) is 4.98 Å². The van der Waals surface area contributed by atoms with Crippen molar-refractivity contribution < 1.29 is 18.0 Å². The topological polar surface area (TPSA) is 46.9 Å². The first kappa shape index (κ1) is 13.0. The molecule has 0 spiro atoms. The third kappa shape index (κ3) is 1.91. The molecule has 0 aliphatic heterocycles. The number of hydrogen-bond donors (Lipinski definition) is 0. The van der Waals surface area contributed by atoms with Crippen LogP contribution < -0.4 is 9.13 Å². The van der Waals surface area contributed by atoms with Gasteiger partial charge < -0.3 is 8.83 Å². The third-order valence-electron chi connectivity index (χ3n) is 4.09. The molecule has 0 aliphatic carbocycles. The summed E-state index contributed by atoms with van der Waals surface area (Å²) in [6.07, 6.45) is 7.02.